The maximum atomic E-state index is 13.4. The number of likely N-dealkylation sites (N-methyl/N-ethyl adjacent to an activating group) is 1. The van der Waals surface area contributed by atoms with Crippen molar-refractivity contribution >= 4 is 35.2 Å². The van der Waals surface area contributed by atoms with Crippen molar-refractivity contribution in [3.63, 3.8) is 0 Å². The van der Waals surface area contributed by atoms with Crippen LogP contribution in [0, 0.1) is 0 Å². The van der Waals surface area contributed by atoms with E-state index in [1.54, 1.807) is 16.7 Å². The van der Waals surface area contributed by atoms with Crippen LogP contribution >= 0.6 is 23.4 Å². The van der Waals surface area contributed by atoms with Gasteiger partial charge in [0.15, 0.2) is 0 Å². The molecule has 0 aliphatic rings. The first-order chi connectivity index (χ1) is 16.1. The Kier molecular flexibility index (Phi) is 9.85. The normalized spacial score (nSPS) is 11.6. The number of hydrogen-bond donors (Lipinski definition) is 1. The molecule has 3 aromatic rings. The van der Waals surface area contributed by atoms with Crippen LogP contribution < -0.4 is 5.32 Å². The summed E-state index contributed by atoms with van der Waals surface area (Å²) < 4.78 is 0. The molecule has 1 atom stereocenters. The van der Waals surface area contributed by atoms with Crippen LogP contribution in [-0.2, 0) is 28.3 Å². The third-order valence-corrected chi connectivity index (χ3v) is 6.47. The Morgan fingerprint density at radius 1 is 0.879 bits per heavy atom. The standard InChI is InChI=1S/C27H29ClN2O2S/c1-2-29-27(32)25(17-21-9-5-3-6-10-21)30(18-22-13-15-24(28)16-14-22)26(31)20-33-19-23-11-7-4-8-12-23/h3-16,25H,2,17-20H2,1H3,(H,29,32). The van der Waals surface area contributed by atoms with Gasteiger partial charge in [0.25, 0.3) is 0 Å². The highest BCUT2D eigenvalue weighted by Gasteiger charge is 2.30. The minimum absolute atomic E-state index is 0.0573. The second-order valence-electron chi connectivity index (χ2n) is 7.73. The van der Waals surface area contributed by atoms with Crippen LogP contribution in [0.5, 0.6) is 0 Å². The van der Waals surface area contributed by atoms with E-state index in [0.29, 0.717) is 30.3 Å². The van der Waals surface area contributed by atoms with Crippen molar-refractivity contribution < 1.29 is 9.59 Å². The molecule has 0 aromatic heterocycles. The zero-order valence-electron chi connectivity index (χ0n) is 18.7. The van der Waals surface area contributed by atoms with Crippen molar-refractivity contribution in [1.29, 1.82) is 0 Å². The number of benzene rings is 3. The minimum atomic E-state index is -0.604. The molecule has 0 spiro atoms. The van der Waals surface area contributed by atoms with Crippen LogP contribution in [0.1, 0.15) is 23.6 Å². The maximum absolute atomic E-state index is 13.4. The van der Waals surface area contributed by atoms with Gasteiger partial charge in [0, 0.05) is 30.3 Å². The lowest BCUT2D eigenvalue weighted by Gasteiger charge is -2.31. The largest absolute Gasteiger partial charge is 0.355 e. The summed E-state index contributed by atoms with van der Waals surface area (Å²) in [5, 5.41) is 3.56. The molecule has 0 aliphatic heterocycles. The van der Waals surface area contributed by atoms with Crippen molar-refractivity contribution in [3.05, 3.63) is 107 Å². The van der Waals surface area contributed by atoms with Crippen molar-refractivity contribution in [1.82, 2.24) is 10.2 Å². The molecule has 33 heavy (non-hydrogen) atoms. The molecule has 0 aliphatic carbocycles. The second kappa shape index (κ2) is 13.1. The number of thioether (sulfide) groups is 1. The zero-order valence-corrected chi connectivity index (χ0v) is 20.3. The lowest BCUT2D eigenvalue weighted by Crippen LogP contribution is -2.51. The number of hydrogen-bond acceptors (Lipinski definition) is 3. The van der Waals surface area contributed by atoms with E-state index in [9.17, 15) is 9.59 Å². The van der Waals surface area contributed by atoms with Crippen LogP contribution in [-0.4, -0.2) is 35.1 Å². The molecular weight excluding hydrogens is 452 g/mol. The summed E-state index contributed by atoms with van der Waals surface area (Å²) in [6.07, 6.45) is 0.454. The van der Waals surface area contributed by atoms with E-state index in [0.717, 1.165) is 16.9 Å². The summed E-state index contributed by atoms with van der Waals surface area (Å²) >= 11 is 7.61. The molecule has 3 aromatic carbocycles. The highest BCUT2D eigenvalue weighted by atomic mass is 35.5. The second-order valence-corrected chi connectivity index (χ2v) is 9.15. The van der Waals surface area contributed by atoms with Gasteiger partial charge >= 0.3 is 0 Å². The molecule has 6 heteroatoms. The smallest absolute Gasteiger partial charge is 0.243 e. The van der Waals surface area contributed by atoms with Gasteiger partial charge in [0.1, 0.15) is 6.04 Å². The molecule has 0 saturated heterocycles. The van der Waals surface area contributed by atoms with Gasteiger partial charge in [0.2, 0.25) is 11.8 Å². The van der Waals surface area contributed by atoms with E-state index in [1.165, 1.54) is 5.56 Å². The van der Waals surface area contributed by atoms with Gasteiger partial charge in [-0.1, -0.05) is 84.4 Å². The number of carbonyl (C=O) groups is 2. The van der Waals surface area contributed by atoms with Crippen LogP contribution in [0.3, 0.4) is 0 Å². The predicted molar refractivity (Wildman–Crippen MR) is 137 cm³/mol. The highest BCUT2D eigenvalue weighted by Crippen LogP contribution is 2.19. The van der Waals surface area contributed by atoms with Crippen molar-refractivity contribution in [2.75, 3.05) is 12.3 Å². The number of nitrogens with one attached hydrogen (secondary N) is 1. The molecular formula is C27H29ClN2O2S. The molecule has 0 saturated carbocycles. The Morgan fingerprint density at radius 3 is 2.09 bits per heavy atom. The van der Waals surface area contributed by atoms with Crippen LogP contribution in [0.25, 0.3) is 0 Å². The average molecular weight is 481 g/mol. The fourth-order valence-electron chi connectivity index (χ4n) is 3.55. The van der Waals surface area contributed by atoms with Gasteiger partial charge in [-0.15, -0.1) is 11.8 Å². The van der Waals surface area contributed by atoms with E-state index in [-0.39, 0.29) is 11.8 Å². The molecule has 0 bridgehead atoms. The minimum Gasteiger partial charge on any atom is -0.355 e. The Balaban J connectivity index is 1.81. The number of carbonyl (C=O) groups excluding carboxylic acids is 2. The Morgan fingerprint density at radius 2 is 1.48 bits per heavy atom. The monoisotopic (exact) mass is 480 g/mol. The summed E-state index contributed by atoms with van der Waals surface area (Å²) in [7, 11) is 0. The molecule has 172 valence electrons. The Labute approximate surface area is 205 Å². The fraction of sp³-hybridized carbons (Fsp3) is 0.259. The first-order valence-corrected chi connectivity index (χ1v) is 12.6. The summed E-state index contributed by atoms with van der Waals surface area (Å²) in [6, 6.07) is 26.7. The molecule has 4 nitrogen and oxygen atoms in total. The third-order valence-electron chi connectivity index (χ3n) is 5.23. The van der Waals surface area contributed by atoms with Gasteiger partial charge in [-0.3, -0.25) is 9.59 Å². The topological polar surface area (TPSA) is 49.4 Å². The summed E-state index contributed by atoms with van der Waals surface area (Å²) in [4.78, 5) is 28.3. The first-order valence-electron chi connectivity index (χ1n) is 11.0. The fourth-order valence-corrected chi connectivity index (χ4v) is 4.54. The highest BCUT2D eigenvalue weighted by molar-refractivity contribution is 7.99. The maximum Gasteiger partial charge on any atom is 0.243 e. The van der Waals surface area contributed by atoms with Crippen molar-refractivity contribution in [3.8, 4) is 0 Å². The third kappa shape index (κ3) is 7.95. The molecule has 3 rings (SSSR count). The van der Waals surface area contributed by atoms with Gasteiger partial charge < -0.3 is 10.2 Å². The SMILES string of the molecule is CCNC(=O)C(Cc1ccccc1)N(Cc1ccc(Cl)cc1)C(=O)CSCc1ccccc1. The molecule has 0 fully saturated rings. The van der Waals surface area contributed by atoms with Crippen molar-refractivity contribution in [2.45, 2.75) is 31.7 Å². The summed E-state index contributed by atoms with van der Waals surface area (Å²) in [5.74, 6) is 0.841. The number of halogens is 1. The van der Waals surface area contributed by atoms with Gasteiger partial charge in [-0.25, -0.2) is 0 Å². The first kappa shape index (κ1) is 24.9. The van der Waals surface area contributed by atoms with E-state index in [2.05, 4.69) is 17.4 Å². The molecule has 0 radical (unpaired) electrons. The van der Waals surface area contributed by atoms with Crippen LogP contribution in [0.15, 0.2) is 84.9 Å². The van der Waals surface area contributed by atoms with E-state index in [1.807, 2.05) is 79.7 Å². The molecule has 2 amide bonds. The van der Waals surface area contributed by atoms with Gasteiger partial charge in [-0.05, 0) is 35.7 Å². The predicted octanol–water partition coefficient (Wildman–Crippen LogP) is 5.35. The number of nitrogens with zero attached hydrogens (tertiary/aromatic N) is 1. The number of amides is 2. The molecule has 0 heterocycles. The molecule has 1 N–H and O–H groups in total. The van der Waals surface area contributed by atoms with E-state index >= 15 is 0 Å². The summed E-state index contributed by atoms with van der Waals surface area (Å²) in [6.45, 7) is 2.74. The van der Waals surface area contributed by atoms with Crippen LogP contribution in [0.4, 0.5) is 0 Å². The Hall–Kier alpha value is -2.76. The molecule has 1 unspecified atom stereocenters. The number of rotatable bonds is 11. The lowest BCUT2D eigenvalue weighted by atomic mass is 10.0. The lowest BCUT2D eigenvalue weighted by molar-refractivity contribution is -0.139. The summed E-state index contributed by atoms with van der Waals surface area (Å²) in [5.41, 5.74) is 3.12. The van der Waals surface area contributed by atoms with Gasteiger partial charge in [-0.2, -0.15) is 0 Å². The van der Waals surface area contributed by atoms with Crippen LogP contribution in [0.2, 0.25) is 5.02 Å². The van der Waals surface area contributed by atoms with Gasteiger partial charge in [0.05, 0.1) is 5.75 Å². The Bertz CT molecular complexity index is 1010. The quantitative estimate of drug-likeness (QED) is 0.402. The zero-order chi connectivity index (χ0) is 23.5. The average Bonchev–Trinajstić information content (AvgIpc) is 2.84. The van der Waals surface area contributed by atoms with Crippen molar-refractivity contribution in [2.24, 2.45) is 0 Å². The van der Waals surface area contributed by atoms with E-state index in [4.69, 9.17) is 11.6 Å². The van der Waals surface area contributed by atoms with E-state index < -0.39 is 6.04 Å².